The lowest BCUT2D eigenvalue weighted by molar-refractivity contribution is -0.126. The summed E-state index contributed by atoms with van der Waals surface area (Å²) in [7, 11) is -3.91. The number of rotatable bonds is 16. The summed E-state index contributed by atoms with van der Waals surface area (Å²) in [5, 5.41) is 14.2. The minimum absolute atomic E-state index is 0.00795. The number of thiazole rings is 1. The molecule has 2 N–H and O–H groups in total. The second-order valence-corrected chi connectivity index (χ2v) is 12.2. The molecule has 8 nitrogen and oxygen atoms in total. The Morgan fingerprint density at radius 1 is 1.08 bits per heavy atom. The lowest BCUT2D eigenvalue weighted by Gasteiger charge is -2.30. The molecule has 0 aliphatic rings. The van der Waals surface area contributed by atoms with E-state index in [1.54, 1.807) is 30.6 Å². The first kappa shape index (κ1) is 29.9. The maximum absolute atomic E-state index is 13.7. The van der Waals surface area contributed by atoms with E-state index in [1.807, 2.05) is 37.3 Å². The topological polar surface area (TPSA) is 117 Å². The van der Waals surface area contributed by atoms with Crippen LogP contribution in [0.15, 0.2) is 58.9 Å². The van der Waals surface area contributed by atoms with Crippen molar-refractivity contribution in [1.82, 2.24) is 14.6 Å². The molecule has 3 aromatic rings. The van der Waals surface area contributed by atoms with E-state index in [4.69, 9.17) is 0 Å². The third-order valence-corrected chi connectivity index (χ3v) is 9.13. The summed E-state index contributed by atoms with van der Waals surface area (Å²) in [5.41, 5.74) is 3.31. The van der Waals surface area contributed by atoms with E-state index in [2.05, 4.69) is 10.3 Å². The van der Waals surface area contributed by atoms with Gasteiger partial charge in [0.25, 0.3) is 0 Å². The zero-order chi connectivity index (χ0) is 27.5. The number of nitrogens with zero attached hydrogens (tertiary/aromatic N) is 2. The first-order chi connectivity index (χ1) is 18.2. The molecule has 1 amide bonds. The molecule has 1 aromatic heterocycles. The number of aromatic nitrogens is 1. The maximum atomic E-state index is 13.7. The van der Waals surface area contributed by atoms with Crippen LogP contribution in [-0.4, -0.2) is 59.7 Å². The van der Waals surface area contributed by atoms with E-state index in [-0.39, 0.29) is 42.5 Å². The van der Waals surface area contributed by atoms with Gasteiger partial charge in [-0.1, -0.05) is 57.0 Å². The molecule has 0 unspecified atom stereocenters. The van der Waals surface area contributed by atoms with Crippen LogP contribution >= 0.6 is 11.3 Å². The van der Waals surface area contributed by atoms with Crippen molar-refractivity contribution in [2.75, 3.05) is 13.1 Å². The molecule has 38 heavy (non-hydrogen) atoms. The summed E-state index contributed by atoms with van der Waals surface area (Å²) in [5.74, 6) is -0.353. The first-order valence-electron chi connectivity index (χ1n) is 13.1. The van der Waals surface area contributed by atoms with Gasteiger partial charge in [0.15, 0.2) is 0 Å². The van der Waals surface area contributed by atoms with Crippen molar-refractivity contribution < 1.29 is 23.1 Å². The van der Waals surface area contributed by atoms with Crippen LogP contribution in [0.25, 0.3) is 10.2 Å². The van der Waals surface area contributed by atoms with Gasteiger partial charge in [-0.15, -0.1) is 11.3 Å². The van der Waals surface area contributed by atoms with Crippen LogP contribution in [0.1, 0.15) is 57.9 Å². The number of unbranched alkanes of at least 4 members (excludes halogenated alkanes) is 2. The lowest BCUT2D eigenvalue weighted by atomic mass is 10.0. The second-order valence-electron chi connectivity index (χ2n) is 9.38. The Labute approximate surface area is 229 Å². The van der Waals surface area contributed by atoms with Crippen molar-refractivity contribution in [3.63, 3.8) is 0 Å². The molecular formula is C28H37N3O5S2. The number of Topliss-reactive ketones (excluding diaryl/α,β-unsaturated/α-hetero) is 1. The van der Waals surface area contributed by atoms with Gasteiger partial charge in [0, 0.05) is 32.4 Å². The molecule has 0 bridgehead atoms. The Morgan fingerprint density at radius 2 is 1.84 bits per heavy atom. The van der Waals surface area contributed by atoms with Crippen molar-refractivity contribution in [1.29, 1.82) is 0 Å². The van der Waals surface area contributed by atoms with Crippen molar-refractivity contribution in [2.24, 2.45) is 0 Å². The highest BCUT2D eigenvalue weighted by Crippen LogP contribution is 2.25. The molecule has 206 valence electrons. The monoisotopic (exact) mass is 559 g/mol. The maximum Gasteiger partial charge on any atom is 0.243 e. The standard InChI is InChI=1S/C28H37N3O5S2/c1-3-5-9-16-31(38(35,36)23-13-14-24-27(18-23)37-20-29-24)19-26(33)25(17-21-10-7-6-8-11-21)30-28(34)15-12-22(32)4-2/h6-8,10-11,13-14,18,20,25-26,33H,3-5,9,12,15-17,19H2,1-2H3,(H,30,34)/t25-,26+/m0/s1. The van der Waals surface area contributed by atoms with Gasteiger partial charge in [-0.25, -0.2) is 13.4 Å². The first-order valence-corrected chi connectivity index (χ1v) is 15.4. The summed E-state index contributed by atoms with van der Waals surface area (Å²) < 4.78 is 29.5. The molecule has 1 heterocycles. The summed E-state index contributed by atoms with van der Waals surface area (Å²) in [4.78, 5) is 28.8. The van der Waals surface area contributed by atoms with Crippen molar-refractivity contribution in [2.45, 2.75) is 75.8 Å². The Kier molecular flexibility index (Phi) is 11.4. The molecule has 0 saturated carbocycles. The highest BCUT2D eigenvalue weighted by molar-refractivity contribution is 7.89. The summed E-state index contributed by atoms with van der Waals surface area (Å²) in [6.07, 6.45) is 2.11. The molecule has 2 aromatic carbocycles. The quantitative estimate of drug-likeness (QED) is 0.253. The molecule has 2 atom stereocenters. The summed E-state index contributed by atoms with van der Waals surface area (Å²) >= 11 is 1.37. The summed E-state index contributed by atoms with van der Waals surface area (Å²) in [6.45, 7) is 3.88. The zero-order valence-electron chi connectivity index (χ0n) is 22.0. The number of benzene rings is 2. The Bertz CT molecular complexity index is 1290. The lowest BCUT2D eigenvalue weighted by Crippen LogP contribution is -2.50. The predicted octanol–water partition coefficient (Wildman–Crippen LogP) is 4.32. The third kappa shape index (κ3) is 8.42. The van der Waals surface area contributed by atoms with Crippen molar-refractivity contribution in [3.05, 3.63) is 59.6 Å². The van der Waals surface area contributed by atoms with Gasteiger partial charge in [0.05, 0.1) is 32.8 Å². The van der Waals surface area contributed by atoms with Crippen LogP contribution in [0, 0.1) is 0 Å². The fourth-order valence-electron chi connectivity index (χ4n) is 4.19. The van der Waals surface area contributed by atoms with Gasteiger partial charge in [-0.2, -0.15) is 4.31 Å². The summed E-state index contributed by atoms with van der Waals surface area (Å²) in [6, 6.07) is 13.5. The molecule has 3 rings (SSSR count). The van der Waals surface area contributed by atoms with Crippen LogP contribution in [0.4, 0.5) is 0 Å². The number of aliphatic hydroxyl groups excluding tert-OH is 1. The number of aliphatic hydroxyl groups is 1. The molecular weight excluding hydrogens is 522 g/mol. The van der Waals surface area contributed by atoms with E-state index >= 15 is 0 Å². The average molecular weight is 560 g/mol. The van der Waals surface area contributed by atoms with Crippen LogP contribution in [0.3, 0.4) is 0 Å². The van der Waals surface area contributed by atoms with E-state index in [0.717, 1.165) is 28.6 Å². The Hall–Kier alpha value is -2.66. The number of ketones is 1. The molecule has 0 aliphatic heterocycles. The van der Waals surface area contributed by atoms with Crippen molar-refractivity contribution >= 4 is 43.3 Å². The number of sulfonamides is 1. The van der Waals surface area contributed by atoms with E-state index in [1.165, 1.54) is 15.6 Å². The van der Waals surface area contributed by atoms with Crippen molar-refractivity contribution in [3.8, 4) is 0 Å². The third-order valence-electron chi connectivity index (χ3n) is 6.48. The average Bonchev–Trinajstić information content (AvgIpc) is 3.39. The second kappa shape index (κ2) is 14.5. The smallest absolute Gasteiger partial charge is 0.243 e. The molecule has 0 radical (unpaired) electrons. The van der Waals surface area contributed by atoms with Crippen LogP contribution < -0.4 is 5.32 Å². The van der Waals surface area contributed by atoms with Gasteiger partial charge in [0.2, 0.25) is 15.9 Å². The van der Waals surface area contributed by atoms with Crippen LogP contribution in [-0.2, 0) is 26.0 Å². The SMILES string of the molecule is CCCCCN(C[C@@H](O)[C@H](Cc1ccccc1)NC(=O)CCC(=O)CC)S(=O)(=O)c1ccc2ncsc2c1. The van der Waals surface area contributed by atoms with Gasteiger partial charge < -0.3 is 10.4 Å². The fraction of sp³-hybridized carbons (Fsp3) is 0.464. The normalized spacial score (nSPS) is 13.5. The van der Waals surface area contributed by atoms with Gasteiger partial charge in [-0.05, 0) is 36.6 Å². The number of hydrogen-bond acceptors (Lipinski definition) is 7. The number of carbonyl (C=O) groups is 2. The molecule has 0 fully saturated rings. The highest BCUT2D eigenvalue weighted by atomic mass is 32.2. The minimum Gasteiger partial charge on any atom is -0.390 e. The molecule has 0 saturated heterocycles. The minimum atomic E-state index is -3.91. The number of nitrogens with one attached hydrogen (secondary N) is 1. The zero-order valence-corrected chi connectivity index (χ0v) is 23.6. The predicted molar refractivity (Wildman–Crippen MR) is 151 cm³/mol. The Balaban J connectivity index is 1.83. The van der Waals surface area contributed by atoms with Gasteiger partial charge >= 0.3 is 0 Å². The van der Waals surface area contributed by atoms with Gasteiger partial charge in [0.1, 0.15) is 5.78 Å². The van der Waals surface area contributed by atoms with Gasteiger partial charge in [-0.3, -0.25) is 9.59 Å². The van der Waals surface area contributed by atoms with E-state index < -0.39 is 22.2 Å². The fourth-order valence-corrected chi connectivity index (χ4v) is 6.50. The van der Waals surface area contributed by atoms with Crippen LogP contribution in [0.2, 0.25) is 0 Å². The van der Waals surface area contributed by atoms with E-state index in [0.29, 0.717) is 19.3 Å². The molecule has 10 heteroatoms. The molecule has 0 aliphatic carbocycles. The number of hydrogen-bond donors (Lipinski definition) is 2. The van der Waals surface area contributed by atoms with E-state index in [9.17, 15) is 23.1 Å². The number of amides is 1. The number of fused-ring (bicyclic) bond motifs is 1. The highest BCUT2D eigenvalue weighted by Gasteiger charge is 2.31. The largest absolute Gasteiger partial charge is 0.390 e. The Morgan fingerprint density at radius 3 is 2.55 bits per heavy atom. The number of carbonyl (C=O) groups excluding carboxylic acids is 2. The van der Waals surface area contributed by atoms with Crippen LogP contribution in [0.5, 0.6) is 0 Å². The molecule has 0 spiro atoms.